The van der Waals surface area contributed by atoms with Crippen LogP contribution in [0.2, 0.25) is 0 Å². The summed E-state index contributed by atoms with van der Waals surface area (Å²) in [6, 6.07) is 13.3. The Hall–Kier alpha value is -3.02. The van der Waals surface area contributed by atoms with Crippen molar-refractivity contribution < 1.29 is 19.1 Å². The van der Waals surface area contributed by atoms with Crippen molar-refractivity contribution in [2.45, 2.75) is 38.1 Å². The lowest BCUT2D eigenvalue weighted by molar-refractivity contribution is -0.130. The summed E-state index contributed by atoms with van der Waals surface area (Å²) in [6.45, 7) is 3.25. The lowest BCUT2D eigenvalue weighted by atomic mass is 9.84. The highest BCUT2D eigenvalue weighted by molar-refractivity contribution is 6.07. The second kappa shape index (κ2) is 8.01. The lowest BCUT2D eigenvalue weighted by Crippen LogP contribution is -2.61. The zero-order chi connectivity index (χ0) is 21.3. The first kappa shape index (κ1) is 20.3. The van der Waals surface area contributed by atoms with E-state index in [-0.39, 0.29) is 11.8 Å². The van der Waals surface area contributed by atoms with Gasteiger partial charge in [0.2, 0.25) is 0 Å². The van der Waals surface area contributed by atoms with E-state index in [4.69, 9.17) is 9.47 Å². The number of rotatable bonds is 4. The molecule has 1 spiro atoms. The van der Waals surface area contributed by atoms with Gasteiger partial charge in [-0.05, 0) is 56.9 Å². The first-order chi connectivity index (χ1) is 14.5. The number of aryl methyl sites for hydroxylation is 1. The van der Waals surface area contributed by atoms with Gasteiger partial charge in [0.1, 0.15) is 22.6 Å². The van der Waals surface area contributed by atoms with Gasteiger partial charge in [-0.2, -0.15) is 0 Å². The number of methoxy groups -OCH3 is 2. The predicted molar refractivity (Wildman–Crippen MR) is 115 cm³/mol. The third-order valence-electron chi connectivity index (χ3n) is 6.34. The molecular formula is C24H28N2O4. The fraction of sp³-hybridized carbons (Fsp3) is 0.417. The summed E-state index contributed by atoms with van der Waals surface area (Å²) in [7, 11) is 3.08. The van der Waals surface area contributed by atoms with Crippen molar-refractivity contribution in [3.8, 4) is 11.5 Å². The van der Waals surface area contributed by atoms with E-state index < -0.39 is 5.54 Å². The number of anilines is 1. The van der Waals surface area contributed by atoms with Gasteiger partial charge >= 0.3 is 0 Å². The summed E-state index contributed by atoms with van der Waals surface area (Å²) in [6.07, 6.45) is 3.01. The summed E-state index contributed by atoms with van der Waals surface area (Å²) < 4.78 is 10.9. The van der Waals surface area contributed by atoms with Crippen molar-refractivity contribution in [1.82, 2.24) is 4.90 Å². The molecule has 6 heteroatoms. The smallest absolute Gasteiger partial charge is 0.262 e. The van der Waals surface area contributed by atoms with Crippen molar-refractivity contribution in [3.05, 3.63) is 53.6 Å². The first-order valence-electron chi connectivity index (χ1n) is 10.4. The third kappa shape index (κ3) is 3.20. The van der Waals surface area contributed by atoms with E-state index in [1.165, 1.54) is 14.2 Å². The largest absolute Gasteiger partial charge is 0.496 e. The van der Waals surface area contributed by atoms with Crippen LogP contribution in [0.5, 0.6) is 11.5 Å². The Bertz CT molecular complexity index is 934. The number of carbonyl (C=O) groups excluding carboxylic acids is 2. The monoisotopic (exact) mass is 408 g/mol. The Morgan fingerprint density at radius 2 is 1.53 bits per heavy atom. The minimum absolute atomic E-state index is 0.0114. The number of piperidine rings is 1. The van der Waals surface area contributed by atoms with E-state index in [0.29, 0.717) is 43.0 Å². The van der Waals surface area contributed by atoms with E-state index >= 15 is 0 Å². The molecule has 1 unspecified atom stereocenters. The lowest BCUT2D eigenvalue weighted by Gasteiger charge is -2.44. The topological polar surface area (TPSA) is 59.1 Å². The van der Waals surface area contributed by atoms with Gasteiger partial charge in [-0.15, -0.1) is 0 Å². The number of likely N-dealkylation sites (tertiary alicyclic amines) is 1. The number of hydrogen-bond acceptors (Lipinski definition) is 4. The Labute approximate surface area is 177 Å². The molecule has 0 aromatic heterocycles. The van der Waals surface area contributed by atoms with Crippen LogP contribution in [-0.2, 0) is 4.79 Å². The van der Waals surface area contributed by atoms with Gasteiger partial charge < -0.3 is 19.3 Å². The van der Waals surface area contributed by atoms with Gasteiger partial charge in [0.25, 0.3) is 11.8 Å². The Kier molecular flexibility index (Phi) is 5.41. The molecule has 2 aliphatic rings. The Balaban J connectivity index is 1.71. The highest BCUT2D eigenvalue weighted by atomic mass is 16.5. The van der Waals surface area contributed by atoms with Crippen molar-refractivity contribution in [2.75, 3.05) is 32.2 Å². The summed E-state index contributed by atoms with van der Waals surface area (Å²) in [4.78, 5) is 31.1. The zero-order valence-electron chi connectivity index (χ0n) is 17.8. The quantitative estimate of drug-likeness (QED) is 0.772. The molecule has 0 N–H and O–H groups in total. The van der Waals surface area contributed by atoms with E-state index in [9.17, 15) is 9.59 Å². The van der Waals surface area contributed by atoms with Gasteiger partial charge in [-0.25, -0.2) is 0 Å². The molecule has 2 amide bonds. The number of nitrogens with zero attached hydrogens (tertiary/aromatic N) is 2. The van der Waals surface area contributed by atoms with Gasteiger partial charge in [-0.3, -0.25) is 9.59 Å². The molecule has 0 radical (unpaired) electrons. The fourth-order valence-corrected chi connectivity index (χ4v) is 4.81. The number of benzene rings is 2. The van der Waals surface area contributed by atoms with Gasteiger partial charge in [-0.1, -0.05) is 23.8 Å². The van der Waals surface area contributed by atoms with Gasteiger partial charge in [0.15, 0.2) is 0 Å². The molecule has 1 atom stereocenters. The van der Waals surface area contributed by atoms with Crippen molar-refractivity contribution in [3.63, 3.8) is 0 Å². The number of amides is 2. The normalized spacial score (nSPS) is 21.2. The molecule has 0 aliphatic carbocycles. The zero-order valence-corrected chi connectivity index (χ0v) is 17.8. The van der Waals surface area contributed by atoms with Crippen molar-refractivity contribution in [2.24, 2.45) is 0 Å². The molecule has 2 fully saturated rings. The van der Waals surface area contributed by atoms with E-state index in [1.807, 2.05) is 36.1 Å². The molecule has 2 saturated heterocycles. The fourth-order valence-electron chi connectivity index (χ4n) is 4.81. The minimum atomic E-state index is -0.813. The van der Waals surface area contributed by atoms with Gasteiger partial charge in [0, 0.05) is 18.8 Å². The third-order valence-corrected chi connectivity index (χ3v) is 6.34. The van der Waals surface area contributed by atoms with Crippen molar-refractivity contribution in [1.29, 1.82) is 0 Å². The Morgan fingerprint density at radius 1 is 0.933 bits per heavy atom. The molecule has 0 bridgehead atoms. The van der Waals surface area contributed by atoms with Crippen LogP contribution >= 0.6 is 0 Å². The summed E-state index contributed by atoms with van der Waals surface area (Å²) in [5.74, 6) is 0.721. The van der Waals surface area contributed by atoms with Crippen LogP contribution in [0.3, 0.4) is 0 Å². The number of carbonyl (C=O) groups is 2. The number of ether oxygens (including phenoxy) is 2. The first-order valence-corrected chi connectivity index (χ1v) is 10.4. The molecular weight excluding hydrogens is 380 g/mol. The van der Waals surface area contributed by atoms with Crippen LogP contribution in [0, 0.1) is 6.92 Å². The second-order valence-corrected chi connectivity index (χ2v) is 8.03. The molecule has 0 saturated carbocycles. The van der Waals surface area contributed by atoms with Crippen molar-refractivity contribution >= 4 is 17.5 Å². The second-order valence-electron chi connectivity index (χ2n) is 8.03. The van der Waals surface area contributed by atoms with Crippen LogP contribution < -0.4 is 14.4 Å². The minimum Gasteiger partial charge on any atom is -0.496 e. The maximum atomic E-state index is 13.8. The van der Waals surface area contributed by atoms with Crippen LogP contribution in [0.25, 0.3) is 0 Å². The van der Waals surface area contributed by atoms with Crippen LogP contribution in [0.4, 0.5) is 5.69 Å². The van der Waals surface area contributed by atoms with Crippen LogP contribution in [-0.4, -0.2) is 49.6 Å². The summed E-state index contributed by atoms with van der Waals surface area (Å²) >= 11 is 0. The SMILES string of the molecule is COc1cccc(OC)c1C(=O)N1CCCC12CCCN(c1ccc(C)cc1)C2=O. The molecule has 158 valence electrons. The average molecular weight is 408 g/mol. The highest BCUT2D eigenvalue weighted by Gasteiger charge is 2.53. The Morgan fingerprint density at radius 3 is 2.13 bits per heavy atom. The van der Waals surface area contributed by atoms with Gasteiger partial charge in [0.05, 0.1) is 14.2 Å². The molecule has 2 aromatic carbocycles. The predicted octanol–water partition coefficient (Wildman–Crippen LogP) is 3.81. The molecule has 4 rings (SSSR count). The van der Waals surface area contributed by atoms with Crippen LogP contribution in [0.15, 0.2) is 42.5 Å². The maximum absolute atomic E-state index is 13.8. The summed E-state index contributed by atoms with van der Waals surface area (Å²) in [5.41, 5.74) is 1.60. The molecule has 6 nitrogen and oxygen atoms in total. The van der Waals surface area contributed by atoms with E-state index in [0.717, 1.165) is 24.1 Å². The molecule has 2 heterocycles. The standard InChI is InChI=1S/C24H28N2O4/c1-17-9-11-18(12-10-17)25-15-5-13-24(23(25)28)14-6-16-26(24)22(27)21-19(29-2)7-4-8-20(21)30-3/h4,7-12H,5-6,13-16H2,1-3H3. The molecule has 2 aliphatic heterocycles. The van der Waals surface area contributed by atoms with E-state index in [1.54, 1.807) is 23.1 Å². The molecule has 30 heavy (non-hydrogen) atoms. The summed E-state index contributed by atoms with van der Waals surface area (Å²) in [5, 5.41) is 0. The number of hydrogen-bond donors (Lipinski definition) is 0. The average Bonchev–Trinajstić information content (AvgIpc) is 3.19. The van der Waals surface area contributed by atoms with Crippen LogP contribution in [0.1, 0.15) is 41.6 Å². The maximum Gasteiger partial charge on any atom is 0.262 e. The molecule has 2 aromatic rings. The highest BCUT2D eigenvalue weighted by Crippen LogP contribution is 2.42. The van der Waals surface area contributed by atoms with E-state index in [2.05, 4.69) is 0 Å².